The number of hydrogen-bond donors (Lipinski definition) is 2. The lowest BCUT2D eigenvalue weighted by atomic mass is 10.3. The molecule has 0 aliphatic rings. The van der Waals surface area contributed by atoms with Crippen molar-refractivity contribution >= 4 is 37.6 Å². The van der Waals surface area contributed by atoms with Crippen molar-refractivity contribution in [1.82, 2.24) is 0 Å². The minimum Gasteiger partial charge on any atom is -0.475 e. The number of carbonyl (C=O) groups is 1. The van der Waals surface area contributed by atoms with Crippen LogP contribution < -0.4 is 4.72 Å². The summed E-state index contributed by atoms with van der Waals surface area (Å²) in [5.74, 6) is -4.71. The first-order chi connectivity index (χ1) is 9.72. The number of benzene rings is 1. The van der Waals surface area contributed by atoms with E-state index in [0.717, 1.165) is 24.3 Å². The van der Waals surface area contributed by atoms with E-state index in [2.05, 4.69) is 20.3 Å². The van der Waals surface area contributed by atoms with Crippen LogP contribution in [0.1, 0.15) is 10.6 Å². The highest BCUT2D eigenvalue weighted by Crippen LogP contribution is 2.28. The van der Waals surface area contributed by atoms with Gasteiger partial charge in [0, 0.05) is 6.07 Å². The number of carboxylic acid groups (broad SMARTS) is 1. The Kier molecular flexibility index (Phi) is 4.01. The highest BCUT2D eigenvalue weighted by molar-refractivity contribution is 9.10. The number of furan rings is 1. The van der Waals surface area contributed by atoms with Crippen molar-refractivity contribution in [1.29, 1.82) is 0 Å². The highest BCUT2D eigenvalue weighted by Gasteiger charge is 2.26. The number of nitrogens with one attached hydrogen (secondary N) is 1. The van der Waals surface area contributed by atoms with E-state index in [9.17, 15) is 22.0 Å². The van der Waals surface area contributed by atoms with Crippen LogP contribution in [0.5, 0.6) is 0 Å². The van der Waals surface area contributed by atoms with Crippen LogP contribution in [0.2, 0.25) is 0 Å². The Hall–Kier alpha value is -1.94. The summed E-state index contributed by atoms with van der Waals surface area (Å²) in [7, 11) is -4.36. The van der Waals surface area contributed by atoms with Crippen molar-refractivity contribution in [3.05, 3.63) is 46.3 Å². The summed E-state index contributed by atoms with van der Waals surface area (Å²) in [6, 6.07) is 3.70. The fraction of sp³-hybridized carbons (Fsp3) is 0. The monoisotopic (exact) mass is 381 g/mol. The quantitative estimate of drug-likeness (QED) is 0.848. The van der Waals surface area contributed by atoms with Crippen LogP contribution >= 0.6 is 15.9 Å². The number of halogens is 3. The van der Waals surface area contributed by atoms with Crippen molar-refractivity contribution < 1.29 is 31.5 Å². The molecule has 0 saturated carbocycles. The lowest BCUT2D eigenvalue weighted by Crippen LogP contribution is -2.14. The van der Waals surface area contributed by atoms with Gasteiger partial charge in [-0.1, -0.05) is 6.07 Å². The van der Waals surface area contributed by atoms with E-state index < -0.39 is 44.0 Å². The molecule has 10 heteroatoms. The zero-order valence-corrected chi connectivity index (χ0v) is 12.3. The predicted molar refractivity (Wildman–Crippen MR) is 70.5 cm³/mol. The molecule has 0 radical (unpaired) electrons. The number of carboxylic acids is 1. The minimum atomic E-state index is -4.36. The van der Waals surface area contributed by atoms with Crippen LogP contribution in [-0.2, 0) is 10.0 Å². The summed E-state index contributed by atoms with van der Waals surface area (Å²) in [5.41, 5.74) is -0.611. The van der Waals surface area contributed by atoms with E-state index >= 15 is 0 Å². The van der Waals surface area contributed by atoms with Gasteiger partial charge < -0.3 is 9.52 Å². The lowest BCUT2D eigenvalue weighted by Gasteiger charge is -2.07. The second kappa shape index (κ2) is 5.45. The molecule has 0 fully saturated rings. The van der Waals surface area contributed by atoms with Crippen molar-refractivity contribution in [2.45, 2.75) is 4.90 Å². The van der Waals surface area contributed by atoms with Crippen molar-refractivity contribution in [2.24, 2.45) is 0 Å². The van der Waals surface area contributed by atoms with Crippen molar-refractivity contribution in [3.8, 4) is 0 Å². The third-order valence-electron chi connectivity index (χ3n) is 2.35. The molecule has 0 unspecified atom stereocenters. The lowest BCUT2D eigenvalue weighted by molar-refractivity contribution is 0.0661. The summed E-state index contributed by atoms with van der Waals surface area (Å²) < 4.78 is 56.7. The topological polar surface area (TPSA) is 96.6 Å². The zero-order chi connectivity index (χ0) is 15.8. The zero-order valence-electron chi connectivity index (χ0n) is 9.93. The number of aromatic carboxylic acids is 1. The first kappa shape index (κ1) is 15.4. The maximum absolute atomic E-state index is 13.5. The molecule has 112 valence electrons. The average Bonchev–Trinajstić information content (AvgIpc) is 2.78. The molecule has 1 aromatic carbocycles. The fourth-order valence-corrected chi connectivity index (χ4v) is 3.42. The van der Waals surface area contributed by atoms with E-state index in [1.165, 1.54) is 0 Å². The Labute approximate surface area is 125 Å². The number of anilines is 1. The second-order valence-electron chi connectivity index (χ2n) is 3.76. The molecule has 1 aromatic heterocycles. The maximum atomic E-state index is 13.5. The van der Waals surface area contributed by atoms with Gasteiger partial charge in [0.2, 0.25) is 5.76 Å². The number of hydrogen-bond acceptors (Lipinski definition) is 4. The molecule has 2 N–H and O–H groups in total. The van der Waals surface area contributed by atoms with Gasteiger partial charge in [0.1, 0.15) is 4.90 Å². The molecule has 0 aliphatic carbocycles. The average molecular weight is 382 g/mol. The first-order valence-corrected chi connectivity index (χ1v) is 7.49. The summed E-state index contributed by atoms with van der Waals surface area (Å²) in [6.07, 6.45) is 0. The molecular formula is C11H6BrF2NO5S. The molecule has 0 atom stereocenters. The normalized spacial score (nSPS) is 11.4. The molecule has 0 saturated heterocycles. The van der Waals surface area contributed by atoms with Gasteiger partial charge in [0.15, 0.2) is 16.3 Å². The van der Waals surface area contributed by atoms with Gasteiger partial charge in [-0.2, -0.15) is 0 Å². The molecule has 0 aliphatic heterocycles. The van der Waals surface area contributed by atoms with E-state index in [4.69, 9.17) is 5.11 Å². The van der Waals surface area contributed by atoms with Crippen LogP contribution in [0, 0.1) is 11.6 Å². The second-order valence-corrected chi connectivity index (χ2v) is 6.13. The summed E-state index contributed by atoms with van der Waals surface area (Å²) in [5, 5.41) is 8.72. The smallest absolute Gasteiger partial charge is 0.371 e. The SMILES string of the molecule is O=C(O)c1cc(S(=O)(=O)Nc2cccc(F)c2F)c(Br)o1. The van der Waals surface area contributed by atoms with Gasteiger partial charge in [0.25, 0.3) is 10.0 Å². The third kappa shape index (κ3) is 3.05. The molecule has 2 rings (SSSR count). The molecule has 6 nitrogen and oxygen atoms in total. The Morgan fingerprint density at radius 3 is 2.57 bits per heavy atom. The Morgan fingerprint density at radius 2 is 2.00 bits per heavy atom. The Bertz CT molecular complexity index is 818. The number of rotatable bonds is 4. The Morgan fingerprint density at radius 1 is 1.33 bits per heavy atom. The molecule has 0 spiro atoms. The van der Waals surface area contributed by atoms with Crippen LogP contribution in [0.25, 0.3) is 0 Å². The molecule has 2 aromatic rings. The Balaban J connectivity index is 2.43. The summed E-state index contributed by atoms with van der Waals surface area (Å²) >= 11 is 2.75. The van der Waals surface area contributed by atoms with E-state index in [-0.39, 0.29) is 4.67 Å². The predicted octanol–water partition coefficient (Wildman–Crippen LogP) is 2.82. The first-order valence-electron chi connectivity index (χ1n) is 5.22. The molecular weight excluding hydrogens is 376 g/mol. The van der Waals surface area contributed by atoms with Gasteiger partial charge in [0.05, 0.1) is 5.69 Å². The number of sulfonamides is 1. The van der Waals surface area contributed by atoms with Crippen LogP contribution in [-0.4, -0.2) is 19.5 Å². The minimum absolute atomic E-state index is 0.371. The largest absolute Gasteiger partial charge is 0.475 e. The van der Waals surface area contributed by atoms with E-state index in [1.807, 2.05) is 4.72 Å². The summed E-state index contributed by atoms with van der Waals surface area (Å²) in [4.78, 5) is 10.2. The van der Waals surface area contributed by atoms with Crippen LogP contribution in [0.15, 0.2) is 38.2 Å². The van der Waals surface area contributed by atoms with Crippen LogP contribution in [0.4, 0.5) is 14.5 Å². The van der Waals surface area contributed by atoms with Gasteiger partial charge >= 0.3 is 5.97 Å². The van der Waals surface area contributed by atoms with Crippen LogP contribution in [0.3, 0.4) is 0 Å². The van der Waals surface area contributed by atoms with Gasteiger partial charge in [-0.05, 0) is 28.1 Å². The standard InChI is InChI=1S/C11H6BrF2NO5S/c12-10-8(4-7(20-10)11(16)17)21(18,19)15-6-3-1-2-5(13)9(6)14/h1-4,15H,(H,16,17). The molecule has 0 amide bonds. The van der Waals surface area contributed by atoms with E-state index in [0.29, 0.717) is 0 Å². The van der Waals surface area contributed by atoms with Crippen molar-refractivity contribution in [3.63, 3.8) is 0 Å². The van der Waals surface area contributed by atoms with Crippen molar-refractivity contribution in [2.75, 3.05) is 4.72 Å². The third-order valence-corrected chi connectivity index (χ3v) is 4.57. The van der Waals surface area contributed by atoms with Gasteiger partial charge in [-0.25, -0.2) is 22.0 Å². The highest BCUT2D eigenvalue weighted by atomic mass is 79.9. The molecule has 0 bridgehead atoms. The molecule has 21 heavy (non-hydrogen) atoms. The molecule has 1 heterocycles. The van der Waals surface area contributed by atoms with Gasteiger partial charge in [-0.3, -0.25) is 4.72 Å². The fourth-order valence-electron chi connectivity index (χ4n) is 1.42. The maximum Gasteiger partial charge on any atom is 0.371 e. The summed E-state index contributed by atoms with van der Waals surface area (Å²) in [6.45, 7) is 0. The van der Waals surface area contributed by atoms with Gasteiger partial charge in [-0.15, -0.1) is 0 Å². The van der Waals surface area contributed by atoms with E-state index in [1.54, 1.807) is 0 Å².